The van der Waals surface area contributed by atoms with E-state index in [0.29, 0.717) is 0 Å². The predicted molar refractivity (Wildman–Crippen MR) is 47.7 cm³/mol. The van der Waals surface area contributed by atoms with Crippen molar-refractivity contribution in [2.24, 2.45) is 0 Å². The lowest BCUT2D eigenvalue weighted by Gasteiger charge is -2.28. The first-order chi connectivity index (χ1) is 11.4. The van der Waals surface area contributed by atoms with E-state index in [-0.39, 0.29) is 0 Å². The van der Waals surface area contributed by atoms with Crippen LogP contribution in [0.4, 0.5) is 79.0 Å². The van der Waals surface area contributed by atoms with Gasteiger partial charge < -0.3 is 0 Å². The number of allylic oxidation sites excluding steroid dienone is 3. The van der Waals surface area contributed by atoms with Crippen molar-refractivity contribution in [2.75, 3.05) is 0 Å². The maximum absolute atomic E-state index is 12.6. The maximum Gasteiger partial charge on any atom is 0.448 e. The first kappa shape index (κ1) is 27.4. The van der Waals surface area contributed by atoms with Crippen LogP contribution >= 0.6 is 0 Å². The van der Waals surface area contributed by atoms with Crippen molar-refractivity contribution in [3.8, 4) is 0 Å². The Bertz CT molecular complexity index is 544. The summed E-state index contributed by atoms with van der Waals surface area (Å²) in [5.74, 6) is -12.4. The van der Waals surface area contributed by atoms with Crippen LogP contribution in [-0.4, -0.2) is 30.4 Å². The molecule has 0 aliphatic rings. The zero-order valence-corrected chi connectivity index (χ0v) is 11.3. The number of rotatable bonds is 1. The number of hydrogen-bond acceptors (Lipinski definition) is 0. The zero-order chi connectivity index (χ0) is 22.8. The molecule has 18 heteroatoms. The molecule has 0 atom stereocenters. The van der Waals surface area contributed by atoms with E-state index in [1.54, 1.807) is 0 Å². The molecule has 0 aromatic rings. The lowest BCUT2D eigenvalue weighted by Crippen LogP contribution is -2.54. The van der Waals surface area contributed by atoms with Crippen molar-refractivity contribution in [3.05, 3.63) is 23.6 Å². The van der Waals surface area contributed by atoms with Gasteiger partial charge >= 0.3 is 36.5 Å². The highest BCUT2D eigenvalue weighted by molar-refractivity contribution is 5.23. The Hall–Kier alpha value is -1.78. The normalized spacial score (nSPS) is 14.9. The number of halogens is 18. The van der Waals surface area contributed by atoms with E-state index in [9.17, 15) is 79.0 Å². The minimum Gasteiger partial charge on any atom is -0.215 e. The second kappa shape index (κ2) is 8.07. The van der Waals surface area contributed by atoms with Gasteiger partial charge in [-0.2, -0.15) is 70.2 Å². The van der Waals surface area contributed by atoms with Crippen LogP contribution < -0.4 is 0 Å². The third-order valence-electron chi connectivity index (χ3n) is 1.94. The van der Waals surface area contributed by atoms with Crippen molar-refractivity contribution >= 4 is 0 Å². The highest BCUT2D eigenvalue weighted by Crippen LogP contribution is 2.53. The maximum atomic E-state index is 12.6. The van der Waals surface area contributed by atoms with Crippen molar-refractivity contribution in [2.45, 2.75) is 30.4 Å². The van der Waals surface area contributed by atoms with Gasteiger partial charge in [0.2, 0.25) is 5.83 Å². The molecule has 0 heterocycles. The summed E-state index contributed by atoms with van der Waals surface area (Å²) in [4.78, 5) is 0. The van der Waals surface area contributed by atoms with Gasteiger partial charge in [0.25, 0.3) is 5.83 Å². The van der Waals surface area contributed by atoms with Gasteiger partial charge in [0.1, 0.15) is 0 Å². The minimum absolute atomic E-state index is 3.33. The highest BCUT2D eigenvalue weighted by atomic mass is 19.4. The van der Waals surface area contributed by atoms with Gasteiger partial charge in [0.15, 0.2) is 5.83 Å². The van der Waals surface area contributed by atoms with E-state index in [1.807, 2.05) is 0 Å². The van der Waals surface area contributed by atoms with Gasteiger partial charge in [-0.25, -0.2) is 8.78 Å². The molecule has 0 bridgehead atoms. The van der Waals surface area contributed by atoms with Gasteiger partial charge in [-0.15, -0.1) is 0 Å². The summed E-state index contributed by atoms with van der Waals surface area (Å²) in [5.41, 5.74) is -7.07. The zero-order valence-electron chi connectivity index (χ0n) is 11.3. The third-order valence-corrected chi connectivity index (χ3v) is 1.94. The summed E-state index contributed by atoms with van der Waals surface area (Å²) in [6.07, 6.45) is -29.7. The molecule has 162 valence electrons. The Kier molecular flexibility index (Phi) is 8.20. The summed E-state index contributed by atoms with van der Waals surface area (Å²) in [5, 5.41) is 0. The van der Waals surface area contributed by atoms with Gasteiger partial charge in [-0.1, -0.05) is 0 Å². The summed E-state index contributed by atoms with van der Waals surface area (Å²) < 4.78 is 206. The molecule has 0 amide bonds. The summed E-state index contributed by atoms with van der Waals surface area (Å²) in [6, 6.07) is 0. The van der Waals surface area contributed by atoms with E-state index in [1.165, 1.54) is 0 Å². The average Bonchev–Trinajstić information content (AvgIpc) is 2.39. The Balaban J connectivity index is 0. The standard InChI is InChI=1S/C6F12.C3F6/c7-1(2(8)4(10,11)12)3(9,5(13,14)15)6(16,17)18;4-1(2(5)6)3(7,8)9/b2-1+;. The van der Waals surface area contributed by atoms with Crippen LogP contribution in [0.25, 0.3) is 0 Å². The predicted octanol–water partition coefficient (Wildman–Crippen LogP) is 7.16. The first-order valence-corrected chi connectivity index (χ1v) is 5.15. The molecule has 0 saturated carbocycles. The van der Waals surface area contributed by atoms with Crippen LogP contribution in [0.5, 0.6) is 0 Å². The molecule has 0 aliphatic carbocycles. The second-order valence-electron chi connectivity index (χ2n) is 3.85. The molecule has 0 saturated heterocycles. The quantitative estimate of drug-likeness (QED) is 0.372. The fourth-order valence-electron chi connectivity index (χ4n) is 0.792. The second-order valence-corrected chi connectivity index (χ2v) is 3.85. The van der Waals surface area contributed by atoms with Crippen LogP contribution in [0, 0.1) is 0 Å². The molecule has 0 fully saturated rings. The van der Waals surface area contributed by atoms with E-state index in [0.717, 1.165) is 0 Å². The molecule has 0 unspecified atom stereocenters. The summed E-state index contributed by atoms with van der Waals surface area (Å²) in [7, 11) is 0. The Morgan fingerprint density at radius 2 is 0.630 bits per heavy atom. The fraction of sp³-hybridized carbons (Fsp3) is 0.556. The molecule has 0 spiro atoms. The molecule has 27 heavy (non-hydrogen) atoms. The molecule has 0 aromatic heterocycles. The van der Waals surface area contributed by atoms with E-state index in [2.05, 4.69) is 0 Å². The molecule has 0 rings (SSSR count). The van der Waals surface area contributed by atoms with Crippen molar-refractivity contribution in [3.63, 3.8) is 0 Å². The third kappa shape index (κ3) is 6.71. The lowest BCUT2D eigenvalue weighted by atomic mass is 10.0. The molecule has 0 aromatic carbocycles. The van der Waals surface area contributed by atoms with Gasteiger partial charge in [-0.05, 0) is 0 Å². The fourth-order valence-corrected chi connectivity index (χ4v) is 0.792. The van der Waals surface area contributed by atoms with Crippen molar-refractivity contribution in [1.29, 1.82) is 0 Å². The SMILES string of the molecule is F/C(=C(/F)C(F)(C(F)(F)F)C(F)(F)F)C(F)(F)F.FC(F)=C(F)C(F)(F)F. The Labute approximate surface area is 134 Å². The minimum atomic E-state index is -7.15. The summed E-state index contributed by atoms with van der Waals surface area (Å²) >= 11 is 0. The monoisotopic (exact) mass is 450 g/mol. The number of hydrogen-bond donors (Lipinski definition) is 0. The molecule has 0 radical (unpaired) electrons. The van der Waals surface area contributed by atoms with Gasteiger partial charge in [-0.3, -0.25) is 0 Å². The van der Waals surface area contributed by atoms with Crippen LogP contribution in [0.2, 0.25) is 0 Å². The van der Waals surface area contributed by atoms with E-state index < -0.39 is 53.9 Å². The van der Waals surface area contributed by atoms with Crippen LogP contribution in [0.3, 0.4) is 0 Å². The summed E-state index contributed by atoms with van der Waals surface area (Å²) in [6.45, 7) is 0. The van der Waals surface area contributed by atoms with E-state index >= 15 is 0 Å². The van der Waals surface area contributed by atoms with Crippen LogP contribution in [-0.2, 0) is 0 Å². The van der Waals surface area contributed by atoms with Crippen molar-refractivity contribution in [1.82, 2.24) is 0 Å². The van der Waals surface area contributed by atoms with E-state index in [4.69, 9.17) is 0 Å². The van der Waals surface area contributed by atoms with Gasteiger partial charge in [0, 0.05) is 0 Å². The van der Waals surface area contributed by atoms with Crippen molar-refractivity contribution < 1.29 is 79.0 Å². The molecular weight excluding hydrogens is 450 g/mol. The molecule has 0 nitrogen and oxygen atoms in total. The molecule has 0 aliphatic heterocycles. The largest absolute Gasteiger partial charge is 0.448 e. The smallest absolute Gasteiger partial charge is 0.215 e. The van der Waals surface area contributed by atoms with Gasteiger partial charge in [0.05, 0.1) is 0 Å². The average molecular weight is 450 g/mol. The number of alkyl halides is 13. The molecular formula is C9F18. The Morgan fingerprint density at radius 3 is 0.741 bits per heavy atom. The highest BCUT2D eigenvalue weighted by Gasteiger charge is 2.77. The molecule has 0 N–H and O–H groups in total. The topological polar surface area (TPSA) is 0 Å². The lowest BCUT2D eigenvalue weighted by molar-refractivity contribution is -0.332. The first-order valence-electron chi connectivity index (χ1n) is 5.15. The van der Waals surface area contributed by atoms with Crippen LogP contribution in [0.15, 0.2) is 23.6 Å². The Morgan fingerprint density at radius 1 is 0.370 bits per heavy atom. The van der Waals surface area contributed by atoms with Crippen LogP contribution in [0.1, 0.15) is 0 Å².